The summed E-state index contributed by atoms with van der Waals surface area (Å²) in [5.41, 5.74) is 2.14. The molecule has 1 N–H and O–H groups in total. The van der Waals surface area contributed by atoms with E-state index in [0.29, 0.717) is 0 Å². The van der Waals surface area contributed by atoms with Crippen molar-refractivity contribution in [3.05, 3.63) is 28.2 Å². The molecule has 0 aliphatic heterocycles. The van der Waals surface area contributed by atoms with Crippen molar-refractivity contribution < 1.29 is 4.74 Å². The number of hydrogen-bond donors (Lipinski definition) is 1. The van der Waals surface area contributed by atoms with E-state index >= 15 is 0 Å². The van der Waals surface area contributed by atoms with E-state index in [1.807, 2.05) is 12.1 Å². The monoisotopic (exact) mass is 308 g/mol. The van der Waals surface area contributed by atoms with Gasteiger partial charge in [-0.15, -0.1) is 0 Å². The SMILES string of the molecule is CCNc1nc2c(Br)ccc(OC)c2cc1CC. The Morgan fingerprint density at radius 3 is 2.72 bits per heavy atom. The minimum atomic E-state index is 0.860. The maximum absolute atomic E-state index is 5.40. The maximum Gasteiger partial charge on any atom is 0.129 e. The molecule has 0 aliphatic carbocycles. The summed E-state index contributed by atoms with van der Waals surface area (Å²) in [5, 5.41) is 4.36. The summed E-state index contributed by atoms with van der Waals surface area (Å²) in [7, 11) is 1.69. The highest BCUT2D eigenvalue weighted by Crippen LogP contribution is 2.33. The topological polar surface area (TPSA) is 34.2 Å². The third-order valence-electron chi connectivity index (χ3n) is 2.92. The number of hydrogen-bond acceptors (Lipinski definition) is 3. The molecule has 3 nitrogen and oxygen atoms in total. The van der Waals surface area contributed by atoms with E-state index in [4.69, 9.17) is 9.72 Å². The van der Waals surface area contributed by atoms with Gasteiger partial charge in [0, 0.05) is 16.4 Å². The zero-order chi connectivity index (χ0) is 13.1. The molecule has 0 saturated heterocycles. The zero-order valence-electron chi connectivity index (χ0n) is 10.9. The molecule has 2 aromatic rings. The van der Waals surface area contributed by atoms with E-state index < -0.39 is 0 Å². The van der Waals surface area contributed by atoms with Gasteiger partial charge in [-0.1, -0.05) is 6.92 Å². The van der Waals surface area contributed by atoms with E-state index in [1.54, 1.807) is 7.11 Å². The van der Waals surface area contributed by atoms with Crippen LogP contribution in [0.4, 0.5) is 5.82 Å². The third kappa shape index (κ3) is 2.29. The van der Waals surface area contributed by atoms with Crippen LogP contribution in [0.5, 0.6) is 5.75 Å². The quantitative estimate of drug-likeness (QED) is 0.927. The molecule has 0 fully saturated rings. The lowest BCUT2D eigenvalue weighted by Gasteiger charge is -2.13. The summed E-state index contributed by atoms with van der Waals surface area (Å²) in [6.07, 6.45) is 0.945. The molecule has 2 rings (SSSR count). The Kier molecular flexibility index (Phi) is 4.07. The van der Waals surface area contributed by atoms with Crippen molar-refractivity contribution >= 4 is 32.7 Å². The molecule has 0 bridgehead atoms. The Labute approximate surface area is 116 Å². The molecule has 18 heavy (non-hydrogen) atoms. The molecule has 1 aromatic carbocycles. The van der Waals surface area contributed by atoms with E-state index in [-0.39, 0.29) is 0 Å². The Morgan fingerprint density at radius 1 is 1.33 bits per heavy atom. The summed E-state index contributed by atoms with van der Waals surface area (Å²) in [6.45, 7) is 5.08. The minimum Gasteiger partial charge on any atom is -0.496 e. The predicted octanol–water partition coefficient (Wildman–Crippen LogP) is 4.00. The van der Waals surface area contributed by atoms with Crippen LogP contribution < -0.4 is 10.1 Å². The number of aryl methyl sites for hydroxylation is 1. The number of methoxy groups -OCH3 is 1. The second-order valence-corrected chi connectivity index (χ2v) is 4.88. The highest BCUT2D eigenvalue weighted by molar-refractivity contribution is 9.10. The van der Waals surface area contributed by atoms with Crippen molar-refractivity contribution in [2.45, 2.75) is 20.3 Å². The van der Waals surface area contributed by atoms with Crippen molar-refractivity contribution in [2.24, 2.45) is 0 Å². The van der Waals surface area contributed by atoms with Gasteiger partial charge in [-0.3, -0.25) is 0 Å². The fourth-order valence-corrected chi connectivity index (χ4v) is 2.44. The Balaban J connectivity index is 2.73. The van der Waals surface area contributed by atoms with Crippen molar-refractivity contribution in [1.29, 1.82) is 0 Å². The zero-order valence-corrected chi connectivity index (χ0v) is 12.5. The summed E-state index contributed by atoms with van der Waals surface area (Å²) in [6, 6.07) is 6.08. The number of ether oxygens (including phenoxy) is 1. The van der Waals surface area contributed by atoms with Crippen LogP contribution in [0.3, 0.4) is 0 Å². The first-order valence-electron chi connectivity index (χ1n) is 6.11. The van der Waals surface area contributed by atoms with Crippen LogP contribution in [0, 0.1) is 0 Å². The number of nitrogens with one attached hydrogen (secondary N) is 1. The summed E-state index contributed by atoms with van der Waals surface area (Å²) >= 11 is 3.55. The molecule has 1 aromatic heterocycles. The molecule has 0 aliphatic rings. The minimum absolute atomic E-state index is 0.860. The van der Waals surface area contributed by atoms with Gasteiger partial charge in [0.2, 0.25) is 0 Å². The lowest BCUT2D eigenvalue weighted by molar-refractivity contribution is 0.419. The number of pyridine rings is 1. The number of rotatable bonds is 4. The fourth-order valence-electron chi connectivity index (χ4n) is 2.01. The van der Waals surface area contributed by atoms with E-state index in [0.717, 1.165) is 39.9 Å². The van der Waals surface area contributed by atoms with Crippen LogP contribution in [0.2, 0.25) is 0 Å². The molecule has 0 saturated carbocycles. The number of nitrogens with zero attached hydrogens (tertiary/aromatic N) is 1. The van der Waals surface area contributed by atoms with Gasteiger partial charge in [0.1, 0.15) is 11.6 Å². The normalized spacial score (nSPS) is 10.7. The van der Waals surface area contributed by atoms with Crippen molar-refractivity contribution in [2.75, 3.05) is 19.0 Å². The lowest BCUT2D eigenvalue weighted by Crippen LogP contribution is -2.04. The fraction of sp³-hybridized carbons (Fsp3) is 0.357. The number of halogens is 1. The molecule has 4 heteroatoms. The van der Waals surface area contributed by atoms with Gasteiger partial charge in [0.25, 0.3) is 0 Å². The van der Waals surface area contributed by atoms with E-state index in [9.17, 15) is 0 Å². The average molecular weight is 309 g/mol. The smallest absolute Gasteiger partial charge is 0.129 e. The first-order valence-corrected chi connectivity index (χ1v) is 6.90. The third-order valence-corrected chi connectivity index (χ3v) is 3.56. The van der Waals surface area contributed by atoms with Crippen LogP contribution in [-0.4, -0.2) is 18.6 Å². The van der Waals surface area contributed by atoms with Crippen LogP contribution in [0.15, 0.2) is 22.7 Å². The van der Waals surface area contributed by atoms with Gasteiger partial charge >= 0.3 is 0 Å². The second kappa shape index (κ2) is 5.57. The second-order valence-electron chi connectivity index (χ2n) is 4.03. The first kappa shape index (κ1) is 13.1. The number of aromatic nitrogens is 1. The van der Waals surface area contributed by atoms with Gasteiger partial charge < -0.3 is 10.1 Å². The van der Waals surface area contributed by atoms with Gasteiger partial charge in [0.05, 0.1) is 12.6 Å². The molecule has 0 atom stereocenters. The number of fused-ring (bicyclic) bond motifs is 1. The Bertz CT molecular complexity index is 569. The Hall–Kier alpha value is -1.29. The van der Waals surface area contributed by atoms with Gasteiger partial charge in [-0.05, 0) is 53.0 Å². The Morgan fingerprint density at radius 2 is 2.11 bits per heavy atom. The van der Waals surface area contributed by atoms with Gasteiger partial charge in [0.15, 0.2) is 0 Å². The molecule has 0 amide bonds. The van der Waals surface area contributed by atoms with E-state index in [2.05, 4.69) is 41.2 Å². The van der Waals surface area contributed by atoms with Crippen LogP contribution in [0.1, 0.15) is 19.4 Å². The number of anilines is 1. The molecular formula is C14H17BrN2O. The molecular weight excluding hydrogens is 292 g/mol. The molecule has 1 heterocycles. The van der Waals surface area contributed by atoms with Crippen molar-refractivity contribution in [1.82, 2.24) is 4.98 Å². The summed E-state index contributed by atoms with van der Waals surface area (Å²) in [4.78, 5) is 4.71. The average Bonchev–Trinajstić information content (AvgIpc) is 2.39. The van der Waals surface area contributed by atoms with Crippen LogP contribution in [0.25, 0.3) is 10.9 Å². The summed E-state index contributed by atoms with van der Waals surface area (Å²) in [5.74, 6) is 1.82. The highest BCUT2D eigenvalue weighted by Gasteiger charge is 2.11. The van der Waals surface area contributed by atoms with Crippen molar-refractivity contribution in [3.63, 3.8) is 0 Å². The lowest BCUT2D eigenvalue weighted by atomic mass is 10.1. The highest BCUT2D eigenvalue weighted by atomic mass is 79.9. The standard InChI is InChI=1S/C14H17BrN2O/c1-4-9-8-10-12(18-3)7-6-11(15)13(10)17-14(9)16-5-2/h6-8H,4-5H2,1-3H3,(H,16,17). The van der Waals surface area contributed by atoms with Gasteiger partial charge in [-0.25, -0.2) is 4.98 Å². The van der Waals surface area contributed by atoms with Gasteiger partial charge in [-0.2, -0.15) is 0 Å². The van der Waals surface area contributed by atoms with Crippen LogP contribution in [-0.2, 0) is 6.42 Å². The molecule has 0 spiro atoms. The first-order chi connectivity index (χ1) is 8.71. The largest absolute Gasteiger partial charge is 0.496 e. The van der Waals surface area contributed by atoms with Crippen LogP contribution >= 0.6 is 15.9 Å². The molecule has 0 radical (unpaired) electrons. The van der Waals surface area contributed by atoms with Crippen molar-refractivity contribution in [3.8, 4) is 5.75 Å². The predicted molar refractivity (Wildman–Crippen MR) is 79.5 cm³/mol. The maximum atomic E-state index is 5.40. The molecule has 96 valence electrons. The number of benzene rings is 1. The summed E-state index contributed by atoms with van der Waals surface area (Å²) < 4.78 is 6.39. The molecule has 0 unspecified atom stereocenters. The van der Waals surface area contributed by atoms with E-state index in [1.165, 1.54) is 5.56 Å².